The lowest BCUT2D eigenvalue weighted by molar-refractivity contribution is 0.121. The van der Waals surface area contributed by atoms with Gasteiger partial charge in [0, 0.05) is 19.6 Å². The van der Waals surface area contributed by atoms with Gasteiger partial charge in [0.2, 0.25) is 10.7 Å². The predicted molar refractivity (Wildman–Crippen MR) is 113 cm³/mol. The highest BCUT2D eigenvalue weighted by Crippen LogP contribution is 2.21. The van der Waals surface area contributed by atoms with Crippen LogP contribution in [0.5, 0.6) is 0 Å². The Morgan fingerprint density at radius 2 is 1.80 bits per heavy atom. The molecule has 0 N–H and O–H groups in total. The Kier molecular flexibility index (Phi) is 6.21. The van der Waals surface area contributed by atoms with Gasteiger partial charge in [-0.05, 0) is 49.1 Å². The number of halogens is 2. The number of ether oxygens (including phenoxy) is 1. The van der Waals surface area contributed by atoms with E-state index in [0.29, 0.717) is 36.8 Å². The van der Waals surface area contributed by atoms with Crippen molar-refractivity contribution in [2.45, 2.75) is 13.2 Å². The fraction of sp³-hybridized carbons (Fsp3) is 0.333. The van der Waals surface area contributed by atoms with E-state index in [0.717, 1.165) is 30.8 Å². The number of benzene rings is 2. The molecule has 1 saturated heterocycles. The Labute approximate surface area is 178 Å². The van der Waals surface area contributed by atoms with Crippen LogP contribution in [0.1, 0.15) is 5.56 Å². The van der Waals surface area contributed by atoms with Crippen LogP contribution in [0.3, 0.4) is 0 Å². The van der Waals surface area contributed by atoms with Gasteiger partial charge in [0.1, 0.15) is 0 Å². The molecule has 2 heterocycles. The van der Waals surface area contributed by atoms with Gasteiger partial charge in [-0.15, -0.1) is 5.10 Å². The van der Waals surface area contributed by atoms with Crippen LogP contribution in [0.25, 0.3) is 5.69 Å². The molecule has 0 unspecified atom stereocenters. The highest BCUT2D eigenvalue weighted by Gasteiger charge is 2.21. The molecule has 1 fully saturated rings. The van der Waals surface area contributed by atoms with Gasteiger partial charge in [-0.2, -0.15) is 0 Å². The Hall–Kier alpha value is -2.62. The summed E-state index contributed by atoms with van der Waals surface area (Å²) in [7, 11) is 1.89. The summed E-state index contributed by atoms with van der Waals surface area (Å²) < 4.78 is 36.5. The molecule has 0 atom stereocenters. The molecule has 2 aromatic carbocycles. The van der Waals surface area contributed by atoms with Gasteiger partial charge in [0.15, 0.2) is 11.6 Å². The van der Waals surface area contributed by atoms with E-state index in [1.54, 1.807) is 10.7 Å². The SMILES string of the molecule is CN(Cc1ccc(F)c(F)c1)Cn1nc(N2CCOCC2)n(-c2ccccc2)c1=S. The Morgan fingerprint density at radius 1 is 1.07 bits per heavy atom. The summed E-state index contributed by atoms with van der Waals surface area (Å²) in [5.74, 6) is -0.920. The first-order valence-electron chi connectivity index (χ1n) is 9.73. The summed E-state index contributed by atoms with van der Waals surface area (Å²) in [6, 6.07) is 13.8. The molecule has 1 aromatic heterocycles. The van der Waals surface area contributed by atoms with Gasteiger partial charge < -0.3 is 9.64 Å². The summed E-state index contributed by atoms with van der Waals surface area (Å²) in [5, 5.41) is 4.79. The predicted octanol–water partition coefficient (Wildman–Crippen LogP) is 3.61. The molecular formula is C21H23F2N5OS. The van der Waals surface area contributed by atoms with Gasteiger partial charge in [-0.1, -0.05) is 24.3 Å². The lowest BCUT2D eigenvalue weighted by atomic mass is 10.2. The lowest BCUT2D eigenvalue weighted by Crippen LogP contribution is -2.38. The number of para-hydroxylation sites is 1. The molecule has 1 aliphatic rings. The Balaban J connectivity index is 1.62. The standard InChI is InChI=1S/C21H23F2N5OS/c1-25(14-16-7-8-18(22)19(23)13-16)15-27-21(30)28(17-5-3-2-4-6-17)20(24-27)26-9-11-29-12-10-26/h2-8,13H,9-12,14-15H2,1H3. The van der Waals surface area contributed by atoms with Gasteiger partial charge in [-0.25, -0.2) is 13.5 Å². The van der Waals surface area contributed by atoms with Crippen LogP contribution < -0.4 is 4.90 Å². The van der Waals surface area contributed by atoms with Crippen molar-refractivity contribution in [3.8, 4) is 5.69 Å². The zero-order valence-electron chi connectivity index (χ0n) is 16.7. The fourth-order valence-corrected chi connectivity index (χ4v) is 3.77. The van der Waals surface area contributed by atoms with Crippen molar-refractivity contribution in [2.24, 2.45) is 0 Å². The molecule has 6 nitrogen and oxygen atoms in total. The second kappa shape index (κ2) is 9.03. The molecule has 3 aromatic rings. The first kappa shape index (κ1) is 20.6. The smallest absolute Gasteiger partial charge is 0.230 e. The molecule has 9 heteroatoms. The maximum atomic E-state index is 13.5. The van der Waals surface area contributed by atoms with Gasteiger partial charge in [0.25, 0.3) is 0 Å². The van der Waals surface area contributed by atoms with E-state index < -0.39 is 11.6 Å². The van der Waals surface area contributed by atoms with Crippen LogP contribution in [0.2, 0.25) is 0 Å². The summed E-state index contributed by atoms with van der Waals surface area (Å²) in [4.78, 5) is 4.12. The lowest BCUT2D eigenvalue weighted by Gasteiger charge is -2.27. The average Bonchev–Trinajstić information content (AvgIpc) is 3.08. The van der Waals surface area contributed by atoms with Crippen LogP contribution in [0, 0.1) is 16.4 Å². The van der Waals surface area contributed by atoms with Gasteiger partial charge in [0.05, 0.1) is 25.6 Å². The highest BCUT2D eigenvalue weighted by atomic mass is 32.1. The van der Waals surface area contributed by atoms with Crippen molar-refractivity contribution in [1.82, 2.24) is 19.2 Å². The third kappa shape index (κ3) is 4.43. The van der Waals surface area contributed by atoms with E-state index in [1.165, 1.54) is 6.07 Å². The number of hydrogen-bond donors (Lipinski definition) is 0. The molecule has 0 bridgehead atoms. The van der Waals surface area contributed by atoms with E-state index in [1.807, 2.05) is 46.8 Å². The maximum Gasteiger partial charge on any atom is 0.230 e. The topological polar surface area (TPSA) is 38.5 Å². The number of rotatable bonds is 6. The molecule has 30 heavy (non-hydrogen) atoms. The van der Waals surface area contributed by atoms with E-state index >= 15 is 0 Å². The molecule has 0 spiro atoms. The van der Waals surface area contributed by atoms with E-state index in [9.17, 15) is 8.78 Å². The maximum absolute atomic E-state index is 13.5. The zero-order valence-corrected chi connectivity index (χ0v) is 17.5. The third-order valence-electron chi connectivity index (χ3n) is 4.94. The van der Waals surface area contributed by atoms with Crippen LogP contribution in [0.15, 0.2) is 48.5 Å². The molecule has 1 aliphatic heterocycles. The number of morpholine rings is 1. The number of nitrogens with zero attached hydrogens (tertiary/aromatic N) is 5. The van der Waals surface area contributed by atoms with E-state index in [-0.39, 0.29) is 0 Å². The Bertz CT molecular complexity index is 1060. The minimum atomic E-state index is -0.847. The van der Waals surface area contributed by atoms with Gasteiger partial charge in [-0.3, -0.25) is 9.47 Å². The van der Waals surface area contributed by atoms with Crippen LogP contribution in [0.4, 0.5) is 14.7 Å². The molecule has 0 radical (unpaired) electrons. The largest absolute Gasteiger partial charge is 0.378 e. The summed E-state index contributed by atoms with van der Waals surface area (Å²) in [6.45, 7) is 3.61. The second-order valence-corrected chi connectivity index (χ2v) is 7.62. The molecule has 0 saturated carbocycles. The fourth-order valence-electron chi connectivity index (χ4n) is 3.49. The van der Waals surface area contributed by atoms with Crippen molar-refractivity contribution in [3.05, 3.63) is 70.5 Å². The molecule has 0 aliphatic carbocycles. The van der Waals surface area contributed by atoms with E-state index in [4.69, 9.17) is 22.1 Å². The summed E-state index contributed by atoms with van der Waals surface area (Å²) in [6.07, 6.45) is 0. The van der Waals surface area contributed by atoms with Crippen molar-refractivity contribution in [3.63, 3.8) is 0 Å². The third-order valence-corrected chi connectivity index (χ3v) is 5.34. The van der Waals surface area contributed by atoms with Crippen LogP contribution in [-0.4, -0.2) is 52.6 Å². The molecular weight excluding hydrogens is 408 g/mol. The molecule has 4 rings (SSSR count). The monoisotopic (exact) mass is 431 g/mol. The van der Waals surface area contributed by atoms with Crippen LogP contribution >= 0.6 is 12.2 Å². The van der Waals surface area contributed by atoms with Crippen molar-refractivity contribution < 1.29 is 13.5 Å². The summed E-state index contributed by atoms with van der Waals surface area (Å²) >= 11 is 5.75. The average molecular weight is 432 g/mol. The highest BCUT2D eigenvalue weighted by molar-refractivity contribution is 7.71. The van der Waals surface area contributed by atoms with E-state index in [2.05, 4.69) is 4.90 Å². The Morgan fingerprint density at radius 3 is 2.50 bits per heavy atom. The molecule has 158 valence electrons. The summed E-state index contributed by atoms with van der Waals surface area (Å²) in [5.41, 5.74) is 1.62. The normalized spacial score (nSPS) is 14.5. The van der Waals surface area contributed by atoms with Crippen molar-refractivity contribution in [1.29, 1.82) is 0 Å². The van der Waals surface area contributed by atoms with Gasteiger partial charge >= 0.3 is 0 Å². The molecule has 0 amide bonds. The van der Waals surface area contributed by atoms with Crippen molar-refractivity contribution in [2.75, 3.05) is 38.3 Å². The minimum Gasteiger partial charge on any atom is -0.378 e. The first-order valence-corrected chi connectivity index (χ1v) is 10.1. The minimum absolute atomic E-state index is 0.412. The number of hydrogen-bond acceptors (Lipinski definition) is 5. The number of anilines is 1. The first-order chi connectivity index (χ1) is 14.5. The zero-order chi connectivity index (χ0) is 21.1. The second-order valence-electron chi connectivity index (χ2n) is 7.26. The van der Waals surface area contributed by atoms with Crippen LogP contribution in [-0.2, 0) is 18.0 Å². The quantitative estimate of drug-likeness (QED) is 0.558. The number of aromatic nitrogens is 3. The van der Waals surface area contributed by atoms with Crippen molar-refractivity contribution >= 4 is 18.2 Å².